The molecule has 3 N–H and O–H groups in total. The van der Waals surface area contributed by atoms with Gasteiger partial charge in [-0.2, -0.15) is 4.98 Å². The summed E-state index contributed by atoms with van der Waals surface area (Å²) in [4.78, 5) is 28.7. The average molecular weight is 526 g/mol. The molecule has 2 aromatic rings. The molecule has 0 spiro atoms. The highest BCUT2D eigenvalue weighted by Gasteiger charge is 2.32. The Bertz CT molecular complexity index is 957. The summed E-state index contributed by atoms with van der Waals surface area (Å²) in [6, 6.07) is 6.98. The molecular weight excluding hydrogens is 482 g/mol. The van der Waals surface area contributed by atoms with Crippen molar-refractivity contribution in [2.45, 2.75) is 76.4 Å². The topological polar surface area (TPSA) is 85.4 Å². The number of aromatic nitrogens is 2. The summed E-state index contributed by atoms with van der Waals surface area (Å²) >= 11 is 1.82. The minimum Gasteiger partial charge on any atom is -0.356 e. The molecule has 0 aliphatic carbocycles. The van der Waals surface area contributed by atoms with Gasteiger partial charge in [-0.3, -0.25) is 9.69 Å². The first kappa shape index (κ1) is 26.4. The van der Waals surface area contributed by atoms with Gasteiger partial charge in [0.25, 0.3) is 0 Å². The van der Waals surface area contributed by atoms with Gasteiger partial charge >= 0.3 is 0 Å². The third-order valence-electron chi connectivity index (χ3n) is 8.17. The van der Waals surface area contributed by atoms with Gasteiger partial charge in [0.1, 0.15) is 5.82 Å². The Balaban J connectivity index is 1.25. The first-order valence-corrected chi connectivity index (χ1v) is 15.2. The third kappa shape index (κ3) is 7.42. The number of nitrogens with one attached hydrogen (secondary N) is 3. The summed E-state index contributed by atoms with van der Waals surface area (Å²) in [7, 11) is 0. The minimum absolute atomic E-state index is 0.152. The Labute approximate surface area is 225 Å². The Morgan fingerprint density at radius 2 is 1.89 bits per heavy atom. The summed E-state index contributed by atoms with van der Waals surface area (Å²) in [6.07, 6.45) is 12.0. The average Bonchev–Trinajstić information content (AvgIpc) is 3.29. The maximum absolute atomic E-state index is 12.8. The fourth-order valence-electron chi connectivity index (χ4n) is 6.11. The molecule has 3 fully saturated rings. The maximum atomic E-state index is 12.8. The van der Waals surface area contributed by atoms with Crippen molar-refractivity contribution in [3.63, 3.8) is 0 Å². The van der Waals surface area contributed by atoms with E-state index in [4.69, 9.17) is 4.98 Å². The lowest BCUT2D eigenvalue weighted by Gasteiger charge is -2.42. The van der Waals surface area contributed by atoms with Crippen molar-refractivity contribution >= 4 is 29.0 Å². The molecule has 5 heterocycles. The van der Waals surface area contributed by atoms with Crippen LogP contribution >= 0.6 is 11.3 Å². The zero-order valence-electron chi connectivity index (χ0n) is 22.0. The minimum atomic E-state index is 0.152. The number of piperidine rings is 2. The quantitative estimate of drug-likeness (QED) is 0.458. The number of carbonyl (C=O) groups excluding carboxylic acids is 1. The second-order valence-electron chi connectivity index (χ2n) is 10.8. The van der Waals surface area contributed by atoms with Crippen LogP contribution < -0.4 is 20.9 Å². The van der Waals surface area contributed by atoms with Gasteiger partial charge in [0.15, 0.2) is 0 Å². The van der Waals surface area contributed by atoms with Gasteiger partial charge in [0.2, 0.25) is 11.9 Å². The van der Waals surface area contributed by atoms with Crippen molar-refractivity contribution in [1.29, 1.82) is 0 Å². The molecule has 0 aromatic carbocycles. The van der Waals surface area contributed by atoms with Crippen LogP contribution in [0.5, 0.6) is 0 Å². The molecule has 0 radical (unpaired) electrons. The molecule has 202 valence electrons. The molecule has 5 rings (SSSR count). The smallest absolute Gasteiger partial charge is 0.224 e. The van der Waals surface area contributed by atoms with E-state index in [-0.39, 0.29) is 17.9 Å². The molecule has 3 saturated heterocycles. The van der Waals surface area contributed by atoms with E-state index in [1.165, 1.54) is 30.6 Å². The summed E-state index contributed by atoms with van der Waals surface area (Å²) in [5.41, 5.74) is 0. The van der Waals surface area contributed by atoms with E-state index < -0.39 is 0 Å². The van der Waals surface area contributed by atoms with Crippen LogP contribution in [0, 0.1) is 5.92 Å². The van der Waals surface area contributed by atoms with E-state index in [1.54, 1.807) is 0 Å². The first-order valence-electron chi connectivity index (χ1n) is 14.4. The summed E-state index contributed by atoms with van der Waals surface area (Å²) in [5, 5.41) is 12.5. The summed E-state index contributed by atoms with van der Waals surface area (Å²) in [5.74, 6) is 2.14. The lowest BCUT2D eigenvalue weighted by molar-refractivity contribution is -0.125. The van der Waals surface area contributed by atoms with Gasteiger partial charge in [-0.25, -0.2) is 4.98 Å². The highest BCUT2D eigenvalue weighted by molar-refractivity contribution is 7.09. The number of anilines is 2. The van der Waals surface area contributed by atoms with Gasteiger partial charge in [-0.05, 0) is 82.1 Å². The zero-order valence-corrected chi connectivity index (χ0v) is 22.9. The van der Waals surface area contributed by atoms with Crippen molar-refractivity contribution in [1.82, 2.24) is 25.5 Å². The Morgan fingerprint density at radius 3 is 2.68 bits per heavy atom. The van der Waals surface area contributed by atoms with Crippen molar-refractivity contribution in [3.8, 4) is 0 Å². The second kappa shape index (κ2) is 13.5. The fraction of sp³-hybridized carbons (Fsp3) is 0.679. The zero-order chi connectivity index (χ0) is 25.3. The van der Waals surface area contributed by atoms with Crippen LogP contribution in [0.15, 0.2) is 29.8 Å². The van der Waals surface area contributed by atoms with Crippen LogP contribution in [0.4, 0.5) is 11.8 Å². The van der Waals surface area contributed by atoms with Crippen molar-refractivity contribution in [2.24, 2.45) is 5.92 Å². The number of hydrogen-bond donors (Lipinski definition) is 3. The summed E-state index contributed by atoms with van der Waals surface area (Å²) < 4.78 is 0. The number of likely N-dealkylation sites (tertiary alicyclic amines) is 1. The van der Waals surface area contributed by atoms with Crippen molar-refractivity contribution < 1.29 is 4.79 Å². The van der Waals surface area contributed by atoms with Crippen molar-refractivity contribution in [2.75, 3.05) is 49.5 Å². The Hall–Kier alpha value is -2.23. The lowest BCUT2D eigenvalue weighted by atomic mass is 9.93. The molecule has 8 nitrogen and oxygen atoms in total. The normalized spacial score (nSPS) is 23.9. The number of hydrogen-bond acceptors (Lipinski definition) is 8. The first-order chi connectivity index (χ1) is 18.3. The third-order valence-corrected chi connectivity index (χ3v) is 9.03. The molecule has 9 heteroatoms. The predicted molar refractivity (Wildman–Crippen MR) is 151 cm³/mol. The van der Waals surface area contributed by atoms with Gasteiger partial charge in [0.05, 0.1) is 0 Å². The predicted octanol–water partition coefficient (Wildman–Crippen LogP) is 3.87. The molecule has 1 amide bonds. The number of nitrogens with zero attached hydrogens (tertiary/aromatic N) is 4. The Morgan fingerprint density at radius 1 is 1.05 bits per heavy atom. The molecule has 3 aliphatic rings. The molecular formula is C28H43N7OS. The van der Waals surface area contributed by atoms with Crippen LogP contribution in [0.3, 0.4) is 0 Å². The Kier molecular flexibility index (Phi) is 9.65. The second-order valence-corrected chi connectivity index (χ2v) is 11.8. The van der Waals surface area contributed by atoms with Gasteiger partial charge in [-0.1, -0.05) is 18.9 Å². The lowest BCUT2D eigenvalue weighted by Crippen LogP contribution is -2.52. The highest BCUT2D eigenvalue weighted by Crippen LogP contribution is 2.27. The maximum Gasteiger partial charge on any atom is 0.224 e. The van der Waals surface area contributed by atoms with E-state index in [1.807, 2.05) is 23.6 Å². The van der Waals surface area contributed by atoms with E-state index in [0.717, 1.165) is 83.1 Å². The molecule has 2 atom stereocenters. The monoisotopic (exact) mass is 525 g/mol. The molecule has 2 aromatic heterocycles. The fourth-order valence-corrected chi connectivity index (χ4v) is 6.84. The molecule has 3 aliphatic heterocycles. The van der Waals surface area contributed by atoms with Crippen LogP contribution in [0.2, 0.25) is 0 Å². The number of rotatable bonds is 9. The van der Waals surface area contributed by atoms with E-state index in [9.17, 15) is 4.79 Å². The SMILES string of the molecule is O=C(NCCC1C(Nc2nccc(N3CCCCCC3)n2)CCCN1Cc1cccs1)C1CCNCC1. The van der Waals surface area contributed by atoms with Crippen LogP contribution in [-0.4, -0.2) is 72.1 Å². The van der Waals surface area contributed by atoms with E-state index >= 15 is 0 Å². The molecule has 37 heavy (non-hydrogen) atoms. The number of amides is 1. The number of thiophene rings is 1. The van der Waals surface area contributed by atoms with Gasteiger partial charge in [0, 0.05) is 55.3 Å². The van der Waals surface area contributed by atoms with Crippen molar-refractivity contribution in [3.05, 3.63) is 34.7 Å². The number of carbonyl (C=O) groups is 1. The standard InChI is InChI=1S/C28H43N7OS/c36-27(22-9-13-29-14-10-22)30-15-11-25-24(8-5-19-35(25)21-23-7-6-20-37-23)32-28-31-16-12-26(33-28)34-17-3-1-2-4-18-34/h6-7,12,16,20,22,24-25,29H,1-5,8-11,13-15,17-19,21H2,(H,30,36)(H,31,32,33). The highest BCUT2D eigenvalue weighted by atomic mass is 32.1. The van der Waals surface area contributed by atoms with Gasteiger partial charge in [-0.15, -0.1) is 11.3 Å². The van der Waals surface area contributed by atoms with Gasteiger partial charge < -0.3 is 20.9 Å². The largest absolute Gasteiger partial charge is 0.356 e. The van der Waals surface area contributed by atoms with Crippen LogP contribution in [-0.2, 0) is 11.3 Å². The molecule has 0 bridgehead atoms. The molecule has 2 unspecified atom stereocenters. The van der Waals surface area contributed by atoms with E-state index in [0.29, 0.717) is 12.6 Å². The van der Waals surface area contributed by atoms with Crippen LogP contribution in [0.1, 0.15) is 62.7 Å². The summed E-state index contributed by atoms with van der Waals surface area (Å²) in [6.45, 7) is 6.79. The van der Waals surface area contributed by atoms with E-state index in [2.05, 4.69) is 48.2 Å². The van der Waals surface area contributed by atoms with Crippen LogP contribution in [0.25, 0.3) is 0 Å². The molecule has 0 saturated carbocycles.